The van der Waals surface area contributed by atoms with Gasteiger partial charge in [0.2, 0.25) is 0 Å². The lowest BCUT2D eigenvalue weighted by molar-refractivity contribution is 0.411. The van der Waals surface area contributed by atoms with E-state index in [0.717, 1.165) is 5.75 Å². The van der Waals surface area contributed by atoms with Crippen LogP contribution in [0.3, 0.4) is 0 Å². The van der Waals surface area contributed by atoms with Crippen LogP contribution in [0.4, 0.5) is 0 Å². The van der Waals surface area contributed by atoms with E-state index in [9.17, 15) is 10.2 Å². The number of aromatic hydroxyl groups is 2. The van der Waals surface area contributed by atoms with Crippen LogP contribution < -0.4 is 9.47 Å². The second-order valence-corrected chi connectivity index (χ2v) is 5.80. The molecule has 2 N–H and O–H groups in total. The van der Waals surface area contributed by atoms with Gasteiger partial charge in [-0.1, -0.05) is 54.6 Å². The molecule has 0 unspecified atom stereocenters. The van der Waals surface area contributed by atoms with Gasteiger partial charge in [0.15, 0.2) is 11.5 Å². The Morgan fingerprint density at radius 3 is 1.61 bits per heavy atom. The molecule has 0 saturated carbocycles. The van der Waals surface area contributed by atoms with E-state index >= 15 is 0 Å². The summed E-state index contributed by atoms with van der Waals surface area (Å²) in [5.74, 6) is 2.94. The molecule has 0 atom stereocenters. The summed E-state index contributed by atoms with van der Waals surface area (Å²) >= 11 is 0. The standard InChI is InChI=1S/2C12H10O2/c13-10-5-4-8-12(9-10)14-11-6-2-1-3-7-11;13-11-8-4-5-9-12(11)14-10-6-2-1-3-7-10/h2*1-9,13H. The summed E-state index contributed by atoms with van der Waals surface area (Å²) in [6.45, 7) is 0. The molecule has 140 valence electrons. The van der Waals surface area contributed by atoms with Crippen molar-refractivity contribution >= 4 is 0 Å². The first-order chi connectivity index (χ1) is 13.7. The molecular weight excluding hydrogens is 352 g/mol. The van der Waals surface area contributed by atoms with Gasteiger partial charge in [0.05, 0.1) is 0 Å². The molecule has 4 nitrogen and oxygen atoms in total. The quantitative estimate of drug-likeness (QED) is 0.437. The van der Waals surface area contributed by atoms with E-state index in [-0.39, 0.29) is 11.5 Å². The number of hydrogen-bond acceptors (Lipinski definition) is 4. The van der Waals surface area contributed by atoms with Gasteiger partial charge in [-0.25, -0.2) is 0 Å². The lowest BCUT2D eigenvalue weighted by Crippen LogP contribution is -1.83. The molecule has 0 fully saturated rings. The van der Waals surface area contributed by atoms with E-state index in [4.69, 9.17) is 9.47 Å². The van der Waals surface area contributed by atoms with Crippen molar-refractivity contribution in [1.29, 1.82) is 0 Å². The van der Waals surface area contributed by atoms with Gasteiger partial charge in [0.25, 0.3) is 0 Å². The lowest BCUT2D eigenvalue weighted by atomic mass is 10.3. The molecule has 28 heavy (non-hydrogen) atoms. The van der Waals surface area contributed by atoms with Crippen molar-refractivity contribution in [3.63, 3.8) is 0 Å². The smallest absolute Gasteiger partial charge is 0.169 e. The van der Waals surface area contributed by atoms with Gasteiger partial charge in [0, 0.05) is 6.07 Å². The average molecular weight is 372 g/mol. The minimum Gasteiger partial charge on any atom is -0.508 e. The summed E-state index contributed by atoms with van der Waals surface area (Å²) in [5.41, 5.74) is 0. The van der Waals surface area contributed by atoms with E-state index in [2.05, 4.69) is 0 Å². The highest BCUT2D eigenvalue weighted by Gasteiger charge is 2.00. The second-order valence-electron chi connectivity index (χ2n) is 5.80. The average Bonchev–Trinajstić information content (AvgIpc) is 2.72. The van der Waals surface area contributed by atoms with Gasteiger partial charge in [0.1, 0.15) is 23.0 Å². The Bertz CT molecular complexity index is 985. The highest BCUT2D eigenvalue weighted by Crippen LogP contribution is 2.29. The van der Waals surface area contributed by atoms with Gasteiger partial charge in [-0.05, 0) is 48.5 Å². The van der Waals surface area contributed by atoms with Crippen molar-refractivity contribution < 1.29 is 19.7 Å². The first-order valence-electron chi connectivity index (χ1n) is 8.73. The van der Waals surface area contributed by atoms with Crippen LogP contribution in [-0.2, 0) is 0 Å². The van der Waals surface area contributed by atoms with Crippen molar-refractivity contribution in [1.82, 2.24) is 0 Å². The van der Waals surface area contributed by atoms with Crippen molar-refractivity contribution in [2.75, 3.05) is 0 Å². The molecule has 0 saturated heterocycles. The SMILES string of the molecule is Oc1cccc(Oc2ccccc2)c1.Oc1ccccc1Oc1ccccc1. The molecular formula is C24H20O4. The maximum Gasteiger partial charge on any atom is 0.169 e. The van der Waals surface area contributed by atoms with Crippen molar-refractivity contribution in [2.45, 2.75) is 0 Å². The molecule has 0 spiro atoms. The number of hydrogen-bond donors (Lipinski definition) is 2. The van der Waals surface area contributed by atoms with Crippen LogP contribution in [0.25, 0.3) is 0 Å². The molecule has 4 heteroatoms. The lowest BCUT2D eigenvalue weighted by Gasteiger charge is -2.06. The molecule has 0 radical (unpaired) electrons. The van der Waals surface area contributed by atoms with Crippen LogP contribution in [0.15, 0.2) is 109 Å². The van der Waals surface area contributed by atoms with Gasteiger partial charge in [-0.2, -0.15) is 0 Å². The van der Waals surface area contributed by atoms with Crippen molar-refractivity contribution in [2.24, 2.45) is 0 Å². The van der Waals surface area contributed by atoms with E-state index in [1.54, 1.807) is 42.5 Å². The largest absolute Gasteiger partial charge is 0.508 e. The van der Waals surface area contributed by atoms with Crippen LogP contribution in [0.2, 0.25) is 0 Å². The molecule has 0 aliphatic heterocycles. The zero-order valence-corrected chi connectivity index (χ0v) is 15.1. The molecule has 0 amide bonds. The van der Waals surface area contributed by atoms with E-state index in [0.29, 0.717) is 17.2 Å². The third-order valence-corrected chi connectivity index (χ3v) is 3.63. The maximum absolute atomic E-state index is 9.45. The van der Waals surface area contributed by atoms with Crippen LogP contribution in [0.5, 0.6) is 34.5 Å². The molecule has 0 heterocycles. The Morgan fingerprint density at radius 2 is 1.00 bits per heavy atom. The fourth-order valence-corrected chi connectivity index (χ4v) is 2.33. The molecule has 4 rings (SSSR count). The fraction of sp³-hybridized carbons (Fsp3) is 0. The predicted molar refractivity (Wildman–Crippen MR) is 109 cm³/mol. The van der Waals surface area contributed by atoms with Crippen LogP contribution in [-0.4, -0.2) is 10.2 Å². The minimum absolute atomic E-state index is 0.149. The van der Waals surface area contributed by atoms with Crippen molar-refractivity contribution in [3.8, 4) is 34.5 Å². The summed E-state index contributed by atoms with van der Waals surface area (Å²) < 4.78 is 11.0. The van der Waals surface area contributed by atoms with Crippen molar-refractivity contribution in [3.05, 3.63) is 109 Å². The number of benzene rings is 4. The summed E-state index contributed by atoms with van der Waals surface area (Å²) in [5, 5.41) is 18.7. The Balaban J connectivity index is 0.000000161. The van der Waals surface area contributed by atoms with Crippen LogP contribution in [0.1, 0.15) is 0 Å². The Labute approximate surface area is 163 Å². The monoisotopic (exact) mass is 372 g/mol. The number of ether oxygens (including phenoxy) is 2. The molecule has 0 aromatic heterocycles. The second kappa shape index (κ2) is 9.69. The highest BCUT2D eigenvalue weighted by molar-refractivity contribution is 5.41. The Morgan fingerprint density at radius 1 is 0.464 bits per heavy atom. The van der Waals surface area contributed by atoms with Gasteiger partial charge in [-0.3, -0.25) is 0 Å². The van der Waals surface area contributed by atoms with E-state index in [1.165, 1.54) is 0 Å². The summed E-state index contributed by atoms with van der Waals surface area (Å²) in [6.07, 6.45) is 0. The van der Waals surface area contributed by atoms with Crippen LogP contribution in [0, 0.1) is 0 Å². The summed E-state index contributed by atoms with van der Waals surface area (Å²) in [6, 6.07) is 32.4. The Kier molecular flexibility index (Phi) is 6.53. The zero-order valence-electron chi connectivity index (χ0n) is 15.1. The fourth-order valence-electron chi connectivity index (χ4n) is 2.33. The highest BCUT2D eigenvalue weighted by atomic mass is 16.5. The molecule has 0 aliphatic rings. The normalized spacial score (nSPS) is 9.71. The number of rotatable bonds is 4. The predicted octanol–water partition coefficient (Wildman–Crippen LogP) is 6.37. The molecule has 4 aromatic rings. The van der Waals surface area contributed by atoms with Crippen LogP contribution >= 0.6 is 0 Å². The van der Waals surface area contributed by atoms with Gasteiger partial charge >= 0.3 is 0 Å². The molecule has 4 aromatic carbocycles. The molecule has 0 aliphatic carbocycles. The topological polar surface area (TPSA) is 58.9 Å². The number of phenols is 2. The maximum atomic E-state index is 9.45. The third-order valence-electron chi connectivity index (χ3n) is 3.63. The minimum atomic E-state index is 0.149. The third kappa shape index (κ3) is 5.81. The first kappa shape index (κ1) is 18.9. The first-order valence-corrected chi connectivity index (χ1v) is 8.73. The van der Waals surface area contributed by atoms with Gasteiger partial charge in [-0.15, -0.1) is 0 Å². The van der Waals surface area contributed by atoms with E-state index in [1.807, 2.05) is 66.7 Å². The number of phenolic OH excluding ortho intramolecular Hbond substituents is 2. The van der Waals surface area contributed by atoms with E-state index < -0.39 is 0 Å². The summed E-state index contributed by atoms with van der Waals surface area (Å²) in [4.78, 5) is 0. The Hall–Kier alpha value is -3.92. The summed E-state index contributed by atoms with van der Waals surface area (Å²) in [7, 11) is 0. The molecule has 0 bridgehead atoms. The van der Waals surface area contributed by atoms with Gasteiger partial charge < -0.3 is 19.7 Å². The number of para-hydroxylation sites is 4. The zero-order chi connectivity index (χ0) is 19.6.